The van der Waals surface area contributed by atoms with Gasteiger partial charge in [-0.3, -0.25) is 4.79 Å². The Hall–Kier alpha value is -0.610. The first kappa shape index (κ1) is 8.01. The van der Waals surface area contributed by atoms with Crippen LogP contribution < -0.4 is 10.6 Å². The predicted octanol–water partition coefficient (Wildman–Crippen LogP) is -1.22. The number of likely N-dealkylation sites (N-methyl/N-ethyl adjacent to an activating group) is 1. The van der Waals surface area contributed by atoms with Gasteiger partial charge in [0.1, 0.15) is 5.54 Å². The van der Waals surface area contributed by atoms with Gasteiger partial charge in [-0.05, 0) is 13.5 Å². The quantitative estimate of drug-likeness (QED) is 0.478. The zero-order valence-corrected chi connectivity index (χ0v) is 7.39. The molecule has 1 unspecified atom stereocenters. The molecule has 0 saturated carbocycles. The molecule has 2 rings (SSSR count). The molecule has 12 heavy (non-hydrogen) atoms. The standard InChI is InChI=1S/C8H15N3O/c1-11-5-2-8(6-11)7(12)9-3-4-10-8/h10H,2-6H2,1H3,(H,9,12). The van der Waals surface area contributed by atoms with Crippen LogP contribution in [-0.4, -0.2) is 49.6 Å². The first-order chi connectivity index (χ1) is 5.73. The molecule has 0 aromatic rings. The van der Waals surface area contributed by atoms with Crippen LogP contribution in [0.3, 0.4) is 0 Å². The minimum Gasteiger partial charge on any atom is -0.353 e. The van der Waals surface area contributed by atoms with Crippen LogP contribution in [0, 0.1) is 0 Å². The number of carbonyl (C=O) groups is 1. The van der Waals surface area contributed by atoms with Crippen LogP contribution in [0.2, 0.25) is 0 Å². The second-order valence-electron chi connectivity index (χ2n) is 3.75. The van der Waals surface area contributed by atoms with Gasteiger partial charge in [0.25, 0.3) is 0 Å². The van der Waals surface area contributed by atoms with Gasteiger partial charge in [0.05, 0.1) is 0 Å². The fraction of sp³-hybridized carbons (Fsp3) is 0.875. The van der Waals surface area contributed by atoms with Crippen molar-refractivity contribution in [3.05, 3.63) is 0 Å². The van der Waals surface area contributed by atoms with E-state index in [-0.39, 0.29) is 11.4 Å². The second kappa shape index (κ2) is 2.71. The van der Waals surface area contributed by atoms with Crippen LogP contribution in [-0.2, 0) is 4.79 Å². The van der Waals surface area contributed by atoms with Gasteiger partial charge < -0.3 is 15.5 Å². The van der Waals surface area contributed by atoms with Gasteiger partial charge in [-0.2, -0.15) is 0 Å². The summed E-state index contributed by atoms with van der Waals surface area (Å²) in [6.45, 7) is 3.53. The second-order valence-corrected chi connectivity index (χ2v) is 3.75. The Labute approximate surface area is 72.3 Å². The van der Waals surface area contributed by atoms with Crippen molar-refractivity contribution < 1.29 is 4.79 Å². The highest BCUT2D eigenvalue weighted by Gasteiger charge is 2.44. The Morgan fingerprint density at radius 1 is 1.50 bits per heavy atom. The molecule has 2 fully saturated rings. The molecule has 2 heterocycles. The van der Waals surface area contributed by atoms with Crippen LogP contribution in [0.15, 0.2) is 0 Å². The maximum atomic E-state index is 11.6. The third-order valence-electron chi connectivity index (χ3n) is 2.77. The highest BCUT2D eigenvalue weighted by molar-refractivity contribution is 5.87. The van der Waals surface area contributed by atoms with Gasteiger partial charge in [0.15, 0.2) is 0 Å². The molecule has 68 valence electrons. The lowest BCUT2D eigenvalue weighted by Gasteiger charge is -2.33. The molecule has 4 nitrogen and oxygen atoms in total. The molecule has 0 bridgehead atoms. The van der Waals surface area contributed by atoms with Crippen molar-refractivity contribution in [3.8, 4) is 0 Å². The predicted molar refractivity (Wildman–Crippen MR) is 45.9 cm³/mol. The van der Waals surface area contributed by atoms with Crippen molar-refractivity contribution in [1.29, 1.82) is 0 Å². The molecule has 0 aliphatic carbocycles. The van der Waals surface area contributed by atoms with Gasteiger partial charge in [0.2, 0.25) is 5.91 Å². The summed E-state index contributed by atoms with van der Waals surface area (Å²) in [6, 6.07) is 0. The van der Waals surface area contributed by atoms with Crippen LogP contribution >= 0.6 is 0 Å². The monoisotopic (exact) mass is 169 g/mol. The summed E-state index contributed by atoms with van der Waals surface area (Å²) in [5.41, 5.74) is -0.271. The Bertz CT molecular complexity index is 202. The average Bonchev–Trinajstić information content (AvgIpc) is 2.41. The molecule has 0 aromatic heterocycles. The fourth-order valence-corrected chi connectivity index (χ4v) is 2.06. The molecule has 2 aliphatic rings. The highest BCUT2D eigenvalue weighted by atomic mass is 16.2. The maximum Gasteiger partial charge on any atom is 0.241 e. The van der Waals surface area contributed by atoms with Crippen LogP contribution in [0.5, 0.6) is 0 Å². The number of nitrogens with zero attached hydrogens (tertiary/aromatic N) is 1. The van der Waals surface area contributed by atoms with Gasteiger partial charge in [-0.25, -0.2) is 0 Å². The average molecular weight is 169 g/mol. The van der Waals surface area contributed by atoms with Gasteiger partial charge in [0, 0.05) is 26.2 Å². The van der Waals surface area contributed by atoms with E-state index in [1.807, 2.05) is 0 Å². The number of amides is 1. The van der Waals surface area contributed by atoms with Crippen LogP contribution in [0.1, 0.15) is 6.42 Å². The molecule has 1 spiro atoms. The first-order valence-corrected chi connectivity index (χ1v) is 4.45. The third kappa shape index (κ3) is 1.11. The molecular formula is C8H15N3O. The summed E-state index contributed by atoms with van der Waals surface area (Å²) < 4.78 is 0. The minimum atomic E-state index is -0.271. The summed E-state index contributed by atoms with van der Waals surface area (Å²) >= 11 is 0. The van der Waals surface area contributed by atoms with Crippen molar-refractivity contribution in [2.24, 2.45) is 0 Å². The largest absolute Gasteiger partial charge is 0.353 e. The molecule has 2 saturated heterocycles. The summed E-state index contributed by atoms with van der Waals surface area (Å²) in [4.78, 5) is 13.8. The van der Waals surface area contributed by atoms with Crippen molar-refractivity contribution in [2.75, 3.05) is 33.2 Å². The minimum absolute atomic E-state index is 0.179. The molecule has 2 N–H and O–H groups in total. The number of hydrogen-bond donors (Lipinski definition) is 2. The number of nitrogens with one attached hydrogen (secondary N) is 2. The molecular weight excluding hydrogens is 154 g/mol. The van der Waals surface area contributed by atoms with E-state index in [1.165, 1.54) is 0 Å². The van der Waals surface area contributed by atoms with Gasteiger partial charge in [-0.15, -0.1) is 0 Å². The molecule has 1 atom stereocenters. The summed E-state index contributed by atoms with van der Waals surface area (Å²) in [5, 5.41) is 6.23. The fourth-order valence-electron chi connectivity index (χ4n) is 2.06. The van der Waals surface area contributed by atoms with Crippen molar-refractivity contribution in [2.45, 2.75) is 12.0 Å². The highest BCUT2D eigenvalue weighted by Crippen LogP contribution is 2.21. The Balaban J connectivity index is 2.13. The first-order valence-electron chi connectivity index (χ1n) is 4.45. The zero-order valence-electron chi connectivity index (χ0n) is 7.39. The summed E-state index contributed by atoms with van der Waals surface area (Å²) in [6.07, 6.45) is 0.940. The number of likely N-dealkylation sites (tertiary alicyclic amines) is 1. The number of carbonyl (C=O) groups excluding carboxylic acids is 1. The Morgan fingerprint density at radius 2 is 2.33 bits per heavy atom. The van der Waals surface area contributed by atoms with Crippen molar-refractivity contribution in [3.63, 3.8) is 0 Å². The molecule has 0 aromatic carbocycles. The van der Waals surface area contributed by atoms with E-state index < -0.39 is 0 Å². The maximum absolute atomic E-state index is 11.6. The van der Waals surface area contributed by atoms with Crippen molar-refractivity contribution in [1.82, 2.24) is 15.5 Å². The van der Waals surface area contributed by atoms with E-state index >= 15 is 0 Å². The third-order valence-corrected chi connectivity index (χ3v) is 2.77. The molecule has 1 amide bonds. The lowest BCUT2D eigenvalue weighted by molar-refractivity contribution is -0.128. The van der Waals surface area contributed by atoms with Gasteiger partial charge in [-0.1, -0.05) is 0 Å². The SMILES string of the molecule is CN1CCC2(C1)NCCNC2=O. The van der Waals surface area contributed by atoms with Gasteiger partial charge >= 0.3 is 0 Å². The zero-order chi connectivity index (χ0) is 8.60. The van der Waals surface area contributed by atoms with E-state index in [9.17, 15) is 4.79 Å². The molecule has 4 heteroatoms. The Kier molecular flexibility index (Phi) is 1.81. The normalized spacial score (nSPS) is 37.2. The van der Waals surface area contributed by atoms with E-state index in [0.29, 0.717) is 0 Å². The Morgan fingerprint density at radius 3 is 2.92 bits per heavy atom. The van der Waals surface area contributed by atoms with Crippen LogP contribution in [0.4, 0.5) is 0 Å². The van der Waals surface area contributed by atoms with E-state index in [1.54, 1.807) is 0 Å². The topological polar surface area (TPSA) is 44.4 Å². The van der Waals surface area contributed by atoms with E-state index in [0.717, 1.165) is 32.6 Å². The smallest absolute Gasteiger partial charge is 0.241 e. The van der Waals surface area contributed by atoms with E-state index in [4.69, 9.17) is 0 Å². The number of hydrogen-bond acceptors (Lipinski definition) is 3. The number of rotatable bonds is 0. The van der Waals surface area contributed by atoms with Crippen LogP contribution in [0.25, 0.3) is 0 Å². The lowest BCUT2D eigenvalue weighted by atomic mass is 9.95. The number of piperazine rings is 1. The summed E-state index contributed by atoms with van der Waals surface area (Å²) in [5.74, 6) is 0.179. The summed E-state index contributed by atoms with van der Waals surface area (Å²) in [7, 11) is 2.05. The lowest BCUT2D eigenvalue weighted by Crippen LogP contribution is -2.64. The molecule has 0 radical (unpaired) electrons. The van der Waals surface area contributed by atoms with Crippen molar-refractivity contribution >= 4 is 5.91 Å². The molecule has 2 aliphatic heterocycles. The van der Waals surface area contributed by atoms with E-state index in [2.05, 4.69) is 22.6 Å².